The highest BCUT2D eigenvalue weighted by atomic mass is 35.7. The van der Waals surface area contributed by atoms with E-state index in [1.165, 1.54) is 0 Å². The van der Waals surface area contributed by atoms with Gasteiger partial charge in [-0.3, -0.25) is 4.79 Å². The second-order valence-corrected chi connectivity index (χ2v) is 6.84. The molecule has 2 rings (SSSR count). The van der Waals surface area contributed by atoms with Gasteiger partial charge in [0.1, 0.15) is 5.82 Å². The third-order valence-corrected chi connectivity index (χ3v) is 4.52. The molecule has 0 aromatic heterocycles. The summed E-state index contributed by atoms with van der Waals surface area (Å²) in [5, 5.41) is -0.112. The van der Waals surface area contributed by atoms with Crippen molar-refractivity contribution in [2.24, 2.45) is 0 Å². The van der Waals surface area contributed by atoms with Gasteiger partial charge in [-0.1, -0.05) is 23.2 Å². The van der Waals surface area contributed by atoms with Crippen LogP contribution in [0.25, 0.3) is 0 Å². The van der Waals surface area contributed by atoms with E-state index in [0.29, 0.717) is 4.31 Å². The quantitative estimate of drug-likeness (QED) is 0.475. The second-order valence-electron chi connectivity index (χ2n) is 3.64. The van der Waals surface area contributed by atoms with E-state index in [1.807, 2.05) is 0 Å². The standard InChI is InChI=1S/C9H5Cl3FNO3S/c10-5-2-6(11)7(13)1-4(5)8-3-9(15)14(8)18(12,16)17/h1-2,8H,3H2. The number of halogens is 4. The monoisotopic (exact) mass is 331 g/mol. The van der Waals surface area contributed by atoms with Crippen LogP contribution >= 0.6 is 33.9 Å². The van der Waals surface area contributed by atoms with E-state index in [1.54, 1.807) is 0 Å². The van der Waals surface area contributed by atoms with Crippen LogP contribution in [0.3, 0.4) is 0 Å². The van der Waals surface area contributed by atoms with Crippen molar-refractivity contribution in [3.8, 4) is 0 Å². The summed E-state index contributed by atoms with van der Waals surface area (Å²) in [4.78, 5) is 11.2. The maximum Gasteiger partial charge on any atom is 0.324 e. The first kappa shape index (κ1) is 13.9. The molecule has 9 heteroatoms. The Morgan fingerprint density at radius 2 is 1.89 bits per heavy atom. The van der Waals surface area contributed by atoms with Gasteiger partial charge in [0.2, 0.25) is 5.91 Å². The van der Waals surface area contributed by atoms with Crippen LogP contribution < -0.4 is 0 Å². The molecule has 1 amide bonds. The van der Waals surface area contributed by atoms with Gasteiger partial charge in [-0.2, -0.15) is 8.42 Å². The number of rotatable bonds is 2. The molecule has 98 valence electrons. The van der Waals surface area contributed by atoms with Crippen LogP contribution in [0, 0.1) is 5.82 Å². The highest BCUT2D eigenvalue weighted by Gasteiger charge is 2.45. The van der Waals surface area contributed by atoms with Crippen molar-refractivity contribution in [2.45, 2.75) is 12.5 Å². The maximum atomic E-state index is 13.3. The lowest BCUT2D eigenvalue weighted by Gasteiger charge is -2.37. The molecule has 1 fully saturated rings. The summed E-state index contributed by atoms with van der Waals surface area (Å²) >= 11 is 11.4. The first-order chi connectivity index (χ1) is 8.21. The van der Waals surface area contributed by atoms with E-state index in [2.05, 4.69) is 0 Å². The average Bonchev–Trinajstić information content (AvgIpc) is 2.17. The largest absolute Gasteiger partial charge is 0.324 e. The Morgan fingerprint density at radius 3 is 2.39 bits per heavy atom. The second kappa shape index (κ2) is 4.52. The number of carbonyl (C=O) groups is 1. The molecule has 1 heterocycles. The van der Waals surface area contributed by atoms with Gasteiger partial charge in [0.15, 0.2) is 0 Å². The Balaban J connectivity index is 2.45. The normalized spacial score (nSPS) is 19.9. The summed E-state index contributed by atoms with van der Waals surface area (Å²) in [5.41, 5.74) is 0.155. The molecule has 0 aliphatic carbocycles. The fourth-order valence-electron chi connectivity index (χ4n) is 1.70. The van der Waals surface area contributed by atoms with Crippen LogP contribution in [0.2, 0.25) is 10.0 Å². The molecule has 1 unspecified atom stereocenters. The molecule has 18 heavy (non-hydrogen) atoms. The number of hydrogen-bond acceptors (Lipinski definition) is 3. The van der Waals surface area contributed by atoms with Gasteiger partial charge in [-0.05, 0) is 17.7 Å². The third kappa shape index (κ3) is 2.30. The van der Waals surface area contributed by atoms with Crippen LogP contribution in [0.1, 0.15) is 18.0 Å². The summed E-state index contributed by atoms with van der Waals surface area (Å²) < 4.78 is 36.1. The topological polar surface area (TPSA) is 54.5 Å². The van der Waals surface area contributed by atoms with Crippen LogP contribution in [-0.2, 0) is 14.0 Å². The molecular formula is C9H5Cl3FNO3S. The Morgan fingerprint density at radius 1 is 1.28 bits per heavy atom. The maximum absolute atomic E-state index is 13.3. The number of carbonyl (C=O) groups excluding carboxylic acids is 1. The number of β-lactam (4-membered cyclic amide) rings is 1. The lowest BCUT2D eigenvalue weighted by Crippen LogP contribution is -2.48. The Hall–Kier alpha value is -0.560. The van der Waals surface area contributed by atoms with Crippen molar-refractivity contribution in [2.75, 3.05) is 0 Å². The number of benzene rings is 1. The zero-order valence-electron chi connectivity index (χ0n) is 8.53. The molecule has 1 saturated heterocycles. The van der Waals surface area contributed by atoms with Crippen molar-refractivity contribution in [1.29, 1.82) is 0 Å². The molecule has 0 radical (unpaired) electrons. The van der Waals surface area contributed by atoms with Gasteiger partial charge < -0.3 is 0 Å². The number of nitrogens with zero attached hydrogens (tertiary/aromatic N) is 1. The van der Waals surface area contributed by atoms with E-state index in [-0.39, 0.29) is 22.0 Å². The first-order valence-electron chi connectivity index (χ1n) is 4.63. The highest BCUT2D eigenvalue weighted by molar-refractivity contribution is 8.12. The smallest absolute Gasteiger partial charge is 0.274 e. The zero-order valence-corrected chi connectivity index (χ0v) is 11.6. The van der Waals surface area contributed by atoms with Crippen LogP contribution in [-0.4, -0.2) is 18.6 Å². The molecular weight excluding hydrogens is 328 g/mol. The number of hydrogen-bond donors (Lipinski definition) is 0. The van der Waals surface area contributed by atoms with Gasteiger partial charge in [-0.25, -0.2) is 8.70 Å². The van der Waals surface area contributed by atoms with Crippen LogP contribution in [0.15, 0.2) is 12.1 Å². The minimum Gasteiger partial charge on any atom is -0.274 e. The van der Waals surface area contributed by atoms with E-state index in [4.69, 9.17) is 33.9 Å². The molecule has 1 aliphatic heterocycles. The molecule has 0 saturated carbocycles. The van der Waals surface area contributed by atoms with Gasteiger partial charge in [0.05, 0.1) is 17.5 Å². The van der Waals surface area contributed by atoms with E-state index < -0.39 is 27.0 Å². The molecule has 1 aromatic rings. The SMILES string of the molecule is O=C1CC(c2cc(F)c(Cl)cc2Cl)N1S(=O)(=O)Cl. The van der Waals surface area contributed by atoms with Gasteiger partial charge in [0, 0.05) is 15.7 Å². The Bertz CT molecular complexity index is 634. The minimum atomic E-state index is -4.21. The first-order valence-corrected chi connectivity index (χ1v) is 7.65. The summed E-state index contributed by atoms with van der Waals surface area (Å²) in [7, 11) is 0.902. The van der Waals surface area contributed by atoms with E-state index >= 15 is 0 Å². The summed E-state index contributed by atoms with van der Waals surface area (Å²) in [6.45, 7) is 0. The van der Waals surface area contributed by atoms with Gasteiger partial charge >= 0.3 is 9.24 Å². The molecule has 4 nitrogen and oxygen atoms in total. The lowest BCUT2D eigenvalue weighted by atomic mass is 9.97. The Labute approximate surface area is 117 Å². The fraction of sp³-hybridized carbons (Fsp3) is 0.222. The third-order valence-electron chi connectivity index (χ3n) is 2.53. The summed E-state index contributed by atoms with van der Waals surface area (Å²) in [5.74, 6) is -1.41. The fourth-order valence-corrected chi connectivity index (χ4v) is 3.54. The van der Waals surface area contributed by atoms with Gasteiger partial charge in [0.25, 0.3) is 0 Å². The van der Waals surface area contributed by atoms with E-state index in [0.717, 1.165) is 12.1 Å². The predicted molar refractivity (Wildman–Crippen MR) is 65.4 cm³/mol. The molecule has 1 aliphatic rings. The highest BCUT2D eigenvalue weighted by Crippen LogP contribution is 2.42. The van der Waals surface area contributed by atoms with Crippen molar-refractivity contribution in [3.05, 3.63) is 33.6 Å². The van der Waals surface area contributed by atoms with Crippen LogP contribution in [0.5, 0.6) is 0 Å². The summed E-state index contributed by atoms with van der Waals surface area (Å²) in [6.07, 6.45) is -0.104. The molecule has 1 aromatic carbocycles. The van der Waals surface area contributed by atoms with Crippen molar-refractivity contribution < 1.29 is 17.6 Å². The van der Waals surface area contributed by atoms with Gasteiger partial charge in [-0.15, -0.1) is 0 Å². The minimum absolute atomic E-state index is 0.0733. The molecule has 0 bridgehead atoms. The van der Waals surface area contributed by atoms with Crippen molar-refractivity contribution in [1.82, 2.24) is 4.31 Å². The van der Waals surface area contributed by atoms with E-state index in [9.17, 15) is 17.6 Å². The van der Waals surface area contributed by atoms with Crippen LogP contribution in [0.4, 0.5) is 4.39 Å². The lowest BCUT2D eigenvalue weighted by molar-refractivity contribution is -0.137. The molecule has 1 atom stereocenters. The number of amides is 1. The predicted octanol–water partition coefficient (Wildman–Crippen LogP) is 2.89. The zero-order chi connectivity index (χ0) is 13.7. The Kier molecular flexibility index (Phi) is 3.48. The summed E-state index contributed by atoms with van der Waals surface area (Å²) in [6, 6.07) is 1.26. The van der Waals surface area contributed by atoms with Crippen molar-refractivity contribution >= 4 is 49.0 Å². The van der Waals surface area contributed by atoms with Crippen molar-refractivity contribution in [3.63, 3.8) is 0 Å². The average molecular weight is 333 g/mol. The molecule has 0 N–H and O–H groups in total. The molecule has 0 spiro atoms.